The van der Waals surface area contributed by atoms with Crippen LogP contribution < -0.4 is 5.73 Å². The molecular formula is C8H7F3N2O2. The lowest BCUT2D eigenvalue weighted by Gasteiger charge is -2.07. The van der Waals surface area contributed by atoms with E-state index in [1.165, 1.54) is 0 Å². The van der Waals surface area contributed by atoms with Gasteiger partial charge in [0.1, 0.15) is 0 Å². The summed E-state index contributed by atoms with van der Waals surface area (Å²) in [5.41, 5.74) is 3.35. The second-order valence-electron chi connectivity index (χ2n) is 2.78. The molecule has 0 atom stereocenters. The molecule has 0 aliphatic carbocycles. The fraction of sp³-hybridized carbons (Fsp3) is 0.250. The number of anilines is 1. The maximum atomic E-state index is 12.8. The summed E-state index contributed by atoms with van der Waals surface area (Å²) < 4.78 is 37.6. The Kier molecular flexibility index (Phi) is 3.13. The quantitative estimate of drug-likeness (QED) is 0.754. The van der Waals surface area contributed by atoms with Crippen molar-refractivity contribution < 1.29 is 23.1 Å². The number of nitrogens with zero attached hydrogens (tertiary/aromatic N) is 1. The van der Waals surface area contributed by atoms with Gasteiger partial charge in [0.05, 0.1) is 17.8 Å². The number of nitrogen functional groups attached to an aromatic ring is 1. The van der Waals surface area contributed by atoms with E-state index in [4.69, 9.17) is 10.8 Å². The third-order valence-corrected chi connectivity index (χ3v) is 1.67. The number of carbonyl (C=O) groups is 1. The van der Waals surface area contributed by atoms with E-state index >= 15 is 0 Å². The second-order valence-corrected chi connectivity index (χ2v) is 2.78. The van der Waals surface area contributed by atoms with Crippen molar-refractivity contribution in [2.75, 3.05) is 5.73 Å². The van der Waals surface area contributed by atoms with E-state index < -0.39 is 41.7 Å². The van der Waals surface area contributed by atoms with Gasteiger partial charge in [-0.1, -0.05) is 0 Å². The fourth-order valence-electron chi connectivity index (χ4n) is 1.03. The van der Waals surface area contributed by atoms with Gasteiger partial charge in [0.15, 0.2) is 0 Å². The molecule has 82 valence electrons. The van der Waals surface area contributed by atoms with Crippen LogP contribution in [0.2, 0.25) is 0 Å². The Morgan fingerprint density at radius 1 is 1.60 bits per heavy atom. The molecule has 0 amide bonds. The lowest BCUT2D eigenvalue weighted by molar-refractivity contribution is -0.136. The normalized spacial score (nSPS) is 10.7. The number of aromatic nitrogens is 1. The zero-order chi connectivity index (χ0) is 11.6. The van der Waals surface area contributed by atoms with Crippen LogP contribution in [0.15, 0.2) is 6.07 Å². The maximum absolute atomic E-state index is 12.8. The molecule has 0 spiro atoms. The van der Waals surface area contributed by atoms with Crippen LogP contribution in [0.5, 0.6) is 0 Å². The number of pyridine rings is 1. The number of hydrogen-bond acceptors (Lipinski definition) is 3. The molecule has 0 fully saturated rings. The summed E-state index contributed by atoms with van der Waals surface area (Å²) in [4.78, 5) is 13.4. The number of nitrogens with two attached hydrogens (primary N) is 1. The Hall–Kier alpha value is -1.79. The Balaban J connectivity index is 3.21. The van der Waals surface area contributed by atoms with Gasteiger partial charge in [-0.05, 0) is 6.07 Å². The number of alkyl halides is 2. The van der Waals surface area contributed by atoms with Gasteiger partial charge >= 0.3 is 5.97 Å². The minimum absolute atomic E-state index is 0.510. The summed E-state index contributed by atoms with van der Waals surface area (Å²) in [7, 11) is 0. The summed E-state index contributed by atoms with van der Waals surface area (Å²) >= 11 is 0. The van der Waals surface area contributed by atoms with Crippen molar-refractivity contribution in [3.63, 3.8) is 0 Å². The highest BCUT2D eigenvalue weighted by Crippen LogP contribution is 2.25. The molecule has 1 rings (SSSR count). The van der Waals surface area contributed by atoms with Gasteiger partial charge in [-0.2, -0.15) is 4.39 Å². The lowest BCUT2D eigenvalue weighted by atomic mass is 10.1. The molecule has 15 heavy (non-hydrogen) atoms. The van der Waals surface area contributed by atoms with E-state index in [9.17, 15) is 18.0 Å². The van der Waals surface area contributed by atoms with Gasteiger partial charge in [0.25, 0.3) is 6.43 Å². The van der Waals surface area contributed by atoms with Crippen molar-refractivity contribution in [3.05, 3.63) is 23.3 Å². The van der Waals surface area contributed by atoms with Gasteiger partial charge in [-0.3, -0.25) is 4.79 Å². The number of carboxylic acids is 1. The zero-order valence-corrected chi connectivity index (χ0v) is 7.38. The highest BCUT2D eigenvalue weighted by atomic mass is 19.3. The number of rotatable bonds is 3. The predicted octanol–water partition coefficient (Wildman–Crippen LogP) is 1.37. The predicted molar refractivity (Wildman–Crippen MR) is 44.9 cm³/mol. The molecule has 1 aromatic heterocycles. The Morgan fingerprint density at radius 2 is 2.20 bits per heavy atom. The van der Waals surface area contributed by atoms with E-state index in [1.54, 1.807) is 0 Å². The molecule has 7 heteroatoms. The Labute approximate surface area is 82.5 Å². The first-order valence-corrected chi connectivity index (χ1v) is 3.86. The van der Waals surface area contributed by atoms with Crippen molar-refractivity contribution in [2.24, 2.45) is 0 Å². The molecule has 0 aliphatic rings. The van der Waals surface area contributed by atoms with Crippen LogP contribution >= 0.6 is 0 Å². The summed E-state index contributed by atoms with van der Waals surface area (Å²) in [6, 6.07) is 0.700. The standard InChI is InChI=1S/C8H7F3N2O2/c9-7(10)3-1-4(12)8(11)13-5(3)2-6(14)15/h1,7H,2,12H2,(H,14,15). The molecule has 0 radical (unpaired) electrons. The number of hydrogen-bond donors (Lipinski definition) is 2. The van der Waals surface area contributed by atoms with Crippen molar-refractivity contribution in [1.82, 2.24) is 4.98 Å². The average molecular weight is 220 g/mol. The van der Waals surface area contributed by atoms with Crippen molar-refractivity contribution >= 4 is 11.7 Å². The third kappa shape index (κ3) is 2.58. The SMILES string of the molecule is Nc1cc(C(F)F)c(CC(=O)O)nc1F. The summed E-state index contributed by atoms with van der Waals surface area (Å²) in [6.07, 6.45) is -3.70. The molecule has 1 aromatic rings. The van der Waals surface area contributed by atoms with Crippen LogP contribution in [0.25, 0.3) is 0 Å². The number of carboxylic acid groups (broad SMARTS) is 1. The first kappa shape index (κ1) is 11.3. The van der Waals surface area contributed by atoms with Crippen molar-refractivity contribution in [3.8, 4) is 0 Å². The highest BCUT2D eigenvalue weighted by Gasteiger charge is 2.19. The smallest absolute Gasteiger partial charge is 0.309 e. The maximum Gasteiger partial charge on any atom is 0.309 e. The van der Waals surface area contributed by atoms with Crippen LogP contribution in [0.1, 0.15) is 17.7 Å². The largest absolute Gasteiger partial charge is 0.481 e. The fourth-order valence-corrected chi connectivity index (χ4v) is 1.03. The van der Waals surface area contributed by atoms with Crippen LogP contribution in [-0.2, 0) is 11.2 Å². The Morgan fingerprint density at radius 3 is 2.67 bits per heavy atom. The molecule has 0 aliphatic heterocycles. The van der Waals surface area contributed by atoms with Gasteiger partial charge < -0.3 is 10.8 Å². The topological polar surface area (TPSA) is 76.2 Å². The lowest BCUT2D eigenvalue weighted by Crippen LogP contribution is -2.09. The van der Waals surface area contributed by atoms with Crippen LogP contribution in [0.4, 0.5) is 18.9 Å². The molecule has 0 bridgehead atoms. The van der Waals surface area contributed by atoms with E-state index in [2.05, 4.69) is 4.98 Å². The van der Waals surface area contributed by atoms with E-state index in [1.807, 2.05) is 0 Å². The average Bonchev–Trinajstić information content (AvgIpc) is 2.09. The molecule has 0 unspecified atom stereocenters. The minimum atomic E-state index is -2.94. The summed E-state index contributed by atoms with van der Waals surface area (Å²) in [5.74, 6) is -2.51. The zero-order valence-electron chi connectivity index (χ0n) is 7.38. The number of aliphatic carboxylic acids is 1. The minimum Gasteiger partial charge on any atom is -0.481 e. The molecule has 1 heterocycles. The molecule has 0 saturated heterocycles. The van der Waals surface area contributed by atoms with Crippen molar-refractivity contribution in [1.29, 1.82) is 0 Å². The van der Waals surface area contributed by atoms with Gasteiger partial charge in [-0.15, -0.1) is 0 Å². The first-order chi connectivity index (χ1) is 6.91. The van der Waals surface area contributed by atoms with Gasteiger partial charge in [0, 0.05) is 5.56 Å². The van der Waals surface area contributed by atoms with Crippen LogP contribution in [0, 0.1) is 5.95 Å². The summed E-state index contributed by atoms with van der Waals surface area (Å²) in [5, 5.41) is 8.39. The van der Waals surface area contributed by atoms with Gasteiger partial charge in [0.2, 0.25) is 5.95 Å². The van der Waals surface area contributed by atoms with Crippen molar-refractivity contribution in [2.45, 2.75) is 12.8 Å². The van der Waals surface area contributed by atoms with Crippen LogP contribution in [-0.4, -0.2) is 16.1 Å². The van der Waals surface area contributed by atoms with Gasteiger partial charge in [-0.25, -0.2) is 13.8 Å². The molecular weight excluding hydrogens is 213 g/mol. The monoisotopic (exact) mass is 220 g/mol. The molecule has 4 nitrogen and oxygen atoms in total. The van der Waals surface area contributed by atoms with E-state index in [-0.39, 0.29) is 0 Å². The second kappa shape index (κ2) is 4.16. The number of halogens is 3. The van der Waals surface area contributed by atoms with E-state index in [0.29, 0.717) is 6.07 Å². The Bertz CT molecular complexity index is 396. The molecule has 0 saturated carbocycles. The highest BCUT2D eigenvalue weighted by molar-refractivity contribution is 5.70. The third-order valence-electron chi connectivity index (χ3n) is 1.67. The van der Waals surface area contributed by atoms with Crippen LogP contribution in [0.3, 0.4) is 0 Å². The van der Waals surface area contributed by atoms with E-state index in [0.717, 1.165) is 0 Å². The molecule has 0 aromatic carbocycles. The summed E-state index contributed by atoms with van der Waals surface area (Å²) in [6.45, 7) is 0. The first-order valence-electron chi connectivity index (χ1n) is 3.86. The molecule has 3 N–H and O–H groups in total.